The van der Waals surface area contributed by atoms with Crippen LogP contribution in [0.25, 0.3) is 0 Å². The monoisotopic (exact) mass is 293 g/mol. The van der Waals surface area contributed by atoms with Crippen molar-refractivity contribution in [1.82, 2.24) is 5.32 Å². The Morgan fingerprint density at radius 2 is 1.73 bits per heavy atom. The molecule has 2 atom stereocenters. The molecule has 22 heavy (non-hydrogen) atoms. The highest BCUT2D eigenvalue weighted by molar-refractivity contribution is 5.30. The molecule has 1 N–H and O–H groups in total. The first-order valence-corrected chi connectivity index (χ1v) is 8.71. The maximum absolute atomic E-state index is 3.82. The summed E-state index contributed by atoms with van der Waals surface area (Å²) in [5.41, 5.74) is 4.58. The first-order valence-electron chi connectivity index (χ1n) is 8.71. The minimum atomic E-state index is 0.593. The Kier molecular flexibility index (Phi) is 5.29. The molecule has 1 aliphatic rings. The molecule has 116 valence electrons. The number of hydrogen-bond acceptors (Lipinski definition) is 1. The minimum Gasteiger partial charge on any atom is -0.313 e. The highest BCUT2D eigenvalue weighted by atomic mass is 14.9. The van der Waals surface area contributed by atoms with Crippen LogP contribution < -0.4 is 5.32 Å². The van der Waals surface area contributed by atoms with Crippen molar-refractivity contribution in [2.24, 2.45) is 5.92 Å². The molecule has 0 fully saturated rings. The lowest BCUT2D eigenvalue weighted by Crippen LogP contribution is -2.41. The van der Waals surface area contributed by atoms with E-state index >= 15 is 0 Å². The predicted molar refractivity (Wildman–Crippen MR) is 94.2 cm³/mol. The topological polar surface area (TPSA) is 12.0 Å². The molecule has 2 aromatic rings. The first kappa shape index (κ1) is 15.3. The Hall–Kier alpha value is -1.60. The van der Waals surface area contributed by atoms with Crippen molar-refractivity contribution in [3.8, 4) is 0 Å². The van der Waals surface area contributed by atoms with E-state index in [0.717, 1.165) is 18.9 Å². The normalized spacial score (nSPS) is 18.7. The maximum atomic E-state index is 3.82. The average Bonchev–Trinajstić information content (AvgIpc) is 2.59. The summed E-state index contributed by atoms with van der Waals surface area (Å²) in [5.74, 6) is 0.752. The predicted octanol–water partition coefficient (Wildman–Crippen LogP) is 4.40. The van der Waals surface area contributed by atoms with Gasteiger partial charge in [-0.25, -0.2) is 0 Å². The van der Waals surface area contributed by atoms with Gasteiger partial charge in [-0.1, -0.05) is 61.5 Å². The number of hydrogen-bond donors (Lipinski definition) is 1. The van der Waals surface area contributed by atoms with E-state index in [1.807, 2.05) is 0 Å². The molecule has 2 unspecified atom stereocenters. The molecule has 0 spiro atoms. The zero-order valence-corrected chi connectivity index (χ0v) is 13.6. The van der Waals surface area contributed by atoms with Crippen LogP contribution in [0.15, 0.2) is 54.6 Å². The second-order valence-corrected chi connectivity index (χ2v) is 6.52. The average molecular weight is 293 g/mol. The second-order valence-electron chi connectivity index (χ2n) is 6.52. The fraction of sp³-hybridized carbons (Fsp3) is 0.429. The molecule has 0 saturated carbocycles. The third-order valence-corrected chi connectivity index (χ3v) is 4.91. The first-order chi connectivity index (χ1) is 10.9. The van der Waals surface area contributed by atoms with Gasteiger partial charge in [-0.3, -0.25) is 0 Å². The minimum absolute atomic E-state index is 0.593. The van der Waals surface area contributed by atoms with Crippen LogP contribution in [0.1, 0.15) is 36.5 Å². The van der Waals surface area contributed by atoms with E-state index in [2.05, 4.69) is 66.8 Å². The Bertz CT molecular complexity index is 575. The molecule has 0 bridgehead atoms. The van der Waals surface area contributed by atoms with E-state index in [1.165, 1.54) is 31.2 Å². The van der Waals surface area contributed by atoms with Crippen molar-refractivity contribution in [2.75, 3.05) is 6.54 Å². The number of rotatable bonds is 6. The van der Waals surface area contributed by atoms with E-state index in [1.54, 1.807) is 11.1 Å². The Labute approximate surface area is 134 Å². The molecule has 1 nitrogen and oxygen atoms in total. The molecule has 0 amide bonds. The maximum Gasteiger partial charge on any atom is 0.0139 e. The molecule has 0 aromatic heterocycles. The van der Waals surface area contributed by atoms with Crippen molar-refractivity contribution in [3.05, 3.63) is 71.3 Å². The van der Waals surface area contributed by atoms with Crippen molar-refractivity contribution >= 4 is 0 Å². The van der Waals surface area contributed by atoms with Gasteiger partial charge in [-0.2, -0.15) is 0 Å². The van der Waals surface area contributed by atoms with Gasteiger partial charge in [0.25, 0.3) is 0 Å². The summed E-state index contributed by atoms with van der Waals surface area (Å²) in [6.07, 6.45) is 6.12. The molecular weight excluding hydrogens is 266 g/mol. The largest absolute Gasteiger partial charge is 0.313 e. The fourth-order valence-corrected chi connectivity index (χ4v) is 3.67. The lowest BCUT2D eigenvalue weighted by atomic mass is 9.78. The lowest BCUT2D eigenvalue weighted by Gasteiger charge is -2.32. The van der Waals surface area contributed by atoms with Crippen molar-refractivity contribution in [3.63, 3.8) is 0 Å². The van der Waals surface area contributed by atoms with Gasteiger partial charge < -0.3 is 5.32 Å². The van der Waals surface area contributed by atoms with Gasteiger partial charge in [0.15, 0.2) is 0 Å². The van der Waals surface area contributed by atoms with Crippen LogP contribution in [-0.4, -0.2) is 12.6 Å². The summed E-state index contributed by atoms with van der Waals surface area (Å²) in [4.78, 5) is 0. The lowest BCUT2D eigenvalue weighted by molar-refractivity contribution is 0.318. The van der Waals surface area contributed by atoms with Crippen molar-refractivity contribution in [2.45, 2.75) is 45.1 Å². The zero-order valence-electron chi connectivity index (χ0n) is 13.6. The molecule has 0 heterocycles. The molecule has 0 radical (unpaired) electrons. The third kappa shape index (κ3) is 3.78. The quantitative estimate of drug-likeness (QED) is 0.832. The highest BCUT2D eigenvalue weighted by Gasteiger charge is 2.25. The molecule has 0 saturated heterocycles. The molecule has 2 aromatic carbocycles. The molecule has 1 aliphatic carbocycles. The summed E-state index contributed by atoms with van der Waals surface area (Å²) < 4.78 is 0. The van der Waals surface area contributed by atoms with E-state index in [9.17, 15) is 0 Å². The Balaban J connectivity index is 1.72. The van der Waals surface area contributed by atoms with E-state index in [0.29, 0.717) is 6.04 Å². The Morgan fingerprint density at radius 3 is 2.50 bits per heavy atom. The Morgan fingerprint density at radius 1 is 1.00 bits per heavy atom. The van der Waals surface area contributed by atoms with Gasteiger partial charge in [0.2, 0.25) is 0 Å². The summed E-state index contributed by atoms with van der Waals surface area (Å²) >= 11 is 0. The highest BCUT2D eigenvalue weighted by Crippen LogP contribution is 2.28. The van der Waals surface area contributed by atoms with Crippen LogP contribution in [0.4, 0.5) is 0 Å². The van der Waals surface area contributed by atoms with Crippen LogP contribution in [-0.2, 0) is 19.3 Å². The van der Waals surface area contributed by atoms with E-state index in [-0.39, 0.29) is 0 Å². The van der Waals surface area contributed by atoms with Crippen molar-refractivity contribution < 1.29 is 0 Å². The van der Waals surface area contributed by atoms with Crippen molar-refractivity contribution in [1.29, 1.82) is 0 Å². The molecule has 3 rings (SSSR count). The molecular formula is C21H27N. The number of nitrogens with one attached hydrogen (secondary N) is 1. The zero-order chi connectivity index (χ0) is 15.2. The summed E-state index contributed by atoms with van der Waals surface area (Å²) in [5, 5.41) is 3.82. The van der Waals surface area contributed by atoms with Crippen LogP contribution >= 0.6 is 0 Å². The third-order valence-electron chi connectivity index (χ3n) is 4.91. The van der Waals surface area contributed by atoms with E-state index in [4.69, 9.17) is 0 Å². The number of benzene rings is 2. The van der Waals surface area contributed by atoms with Gasteiger partial charge in [0.05, 0.1) is 0 Å². The number of aryl methyl sites for hydroxylation is 1. The molecule has 1 heteroatoms. The van der Waals surface area contributed by atoms with Gasteiger partial charge >= 0.3 is 0 Å². The van der Waals surface area contributed by atoms with Crippen LogP contribution in [0, 0.1) is 5.92 Å². The van der Waals surface area contributed by atoms with Gasteiger partial charge in [-0.15, -0.1) is 0 Å². The molecule has 0 aliphatic heterocycles. The summed E-state index contributed by atoms with van der Waals surface area (Å²) in [6, 6.07) is 20.5. The van der Waals surface area contributed by atoms with E-state index < -0.39 is 0 Å². The number of fused-ring (bicyclic) bond motifs is 1. The van der Waals surface area contributed by atoms with Gasteiger partial charge in [0.1, 0.15) is 0 Å². The van der Waals surface area contributed by atoms with Crippen LogP contribution in [0.5, 0.6) is 0 Å². The second kappa shape index (κ2) is 7.60. The van der Waals surface area contributed by atoms with Gasteiger partial charge in [-0.05, 0) is 61.3 Å². The van der Waals surface area contributed by atoms with Gasteiger partial charge in [0, 0.05) is 6.04 Å². The van der Waals surface area contributed by atoms with Crippen LogP contribution in [0.3, 0.4) is 0 Å². The SMILES string of the molecule is CCCNC(Cc1ccccc1)C1CCc2ccccc2C1. The standard InChI is InChI=1S/C21H27N/c1-2-14-22-21(15-17-8-4-3-5-9-17)20-13-12-18-10-6-7-11-19(18)16-20/h3-11,20-22H,2,12-16H2,1H3. The fourth-order valence-electron chi connectivity index (χ4n) is 3.67. The summed E-state index contributed by atoms with van der Waals surface area (Å²) in [7, 11) is 0. The summed E-state index contributed by atoms with van der Waals surface area (Å²) in [6.45, 7) is 3.37. The smallest absolute Gasteiger partial charge is 0.0139 e. The van der Waals surface area contributed by atoms with Crippen LogP contribution in [0.2, 0.25) is 0 Å².